The lowest BCUT2D eigenvalue weighted by molar-refractivity contribution is 0.334. The Morgan fingerprint density at radius 2 is 2.10 bits per heavy atom. The summed E-state index contributed by atoms with van der Waals surface area (Å²) in [5.41, 5.74) is 0. The first-order valence-electron chi connectivity index (χ1n) is 7.54. The average Bonchev–Trinajstić information content (AvgIpc) is 2.98. The summed E-state index contributed by atoms with van der Waals surface area (Å²) in [6.07, 6.45) is 4.93. The highest BCUT2D eigenvalue weighted by Gasteiger charge is 2.18. The summed E-state index contributed by atoms with van der Waals surface area (Å²) >= 11 is 0. The lowest BCUT2D eigenvalue weighted by Crippen LogP contribution is -2.29. The third kappa shape index (κ3) is 4.66. The van der Waals surface area contributed by atoms with Crippen LogP contribution in [0.15, 0.2) is 23.2 Å². The Labute approximate surface area is 127 Å². The molecule has 1 aromatic heterocycles. The van der Waals surface area contributed by atoms with Gasteiger partial charge in [0.1, 0.15) is 10.7 Å². The number of hydrogen-bond acceptors (Lipinski definition) is 5. The molecule has 0 bridgehead atoms. The van der Waals surface area contributed by atoms with Gasteiger partial charge >= 0.3 is 0 Å². The lowest BCUT2D eigenvalue weighted by atomic mass is 10.4. The van der Waals surface area contributed by atoms with Crippen LogP contribution in [0.3, 0.4) is 0 Å². The molecule has 1 aliphatic heterocycles. The van der Waals surface area contributed by atoms with Crippen LogP contribution >= 0.6 is 0 Å². The van der Waals surface area contributed by atoms with Crippen LogP contribution in [-0.4, -0.2) is 51.0 Å². The second-order valence-electron chi connectivity index (χ2n) is 5.18. The Kier molecular flexibility index (Phi) is 5.96. The van der Waals surface area contributed by atoms with E-state index in [0.717, 1.165) is 26.1 Å². The first kappa shape index (κ1) is 16.2. The van der Waals surface area contributed by atoms with Gasteiger partial charge in [-0.15, -0.1) is 0 Å². The molecule has 2 heterocycles. The van der Waals surface area contributed by atoms with Gasteiger partial charge in [0.15, 0.2) is 0 Å². The molecule has 1 fully saturated rings. The van der Waals surface area contributed by atoms with Crippen molar-refractivity contribution in [1.82, 2.24) is 14.6 Å². The molecule has 0 amide bonds. The van der Waals surface area contributed by atoms with Crippen LogP contribution in [-0.2, 0) is 10.0 Å². The third-order valence-electron chi connectivity index (χ3n) is 3.55. The van der Waals surface area contributed by atoms with Crippen LogP contribution in [0, 0.1) is 0 Å². The molecule has 7 heteroatoms. The monoisotopic (exact) mass is 312 g/mol. The maximum absolute atomic E-state index is 12.3. The van der Waals surface area contributed by atoms with E-state index >= 15 is 0 Å². The van der Waals surface area contributed by atoms with Crippen LogP contribution in [0.2, 0.25) is 0 Å². The Morgan fingerprint density at radius 1 is 1.33 bits per heavy atom. The molecule has 21 heavy (non-hydrogen) atoms. The minimum absolute atomic E-state index is 0.216. The quantitative estimate of drug-likeness (QED) is 0.707. The lowest BCUT2D eigenvalue weighted by Gasteiger charge is -2.15. The van der Waals surface area contributed by atoms with Gasteiger partial charge in [0, 0.05) is 19.3 Å². The van der Waals surface area contributed by atoms with Crippen molar-refractivity contribution in [2.45, 2.75) is 31.1 Å². The highest BCUT2D eigenvalue weighted by molar-refractivity contribution is 7.89. The summed E-state index contributed by atoms with van der Waals surface area (Å²) in [6, 6.07) is 3.22. The number of nitrogens with one attached hydrogen (secondary N) is 2. The summed E-state index contributed by atoms with van der Waals surface area (Å²) in [7, 11) is -3.50. The number of rotatable bonds is 8. The summed E-state index contributed by atoms with van der Waals surface area (Å²) in [6.45, 7) is 6.23. The predicted octanol–water partition coefficient (Wildman–Crippen LogP) is 1.28. The Morgan fingerprint density at radius 3 is 2.81 bits per heavy atom. The fraction of sp³-hybridized carbons (Fsp3) is 0.643. The molecule has 0 aromatic carbocycles. The van der Waals surface area contributed by atoms with Gasteiger partial charge in [-0.25, -0.2) is 18.1 Å². The molecule has 6 nitrogen and oxygen atoms in total. The molecule has 2 rings (SSSR count). The van der Waals surface area contributed by atoms with Gasteiger partial charge < -0.3 is 10.2 Å². The molecule has 0 spiro atoms. The Balaban J connectivity index is 1.88. The first-order chi connectivity index (χ1) is 10.1. The number of sulfonamides is 1. The molecule has 0 aliphatic carbocycles. The largest absolute Gasteiger partial charge is 0.369 e. The van der Waals surface area contributed by atoms with E-state index in [1.807, 2.05) is 6.92 Å². The van der Waals surface area contributed by atoms with Crippen molar-refractivity contribution in [3.8, 4) is 0 Å². The average molecular weight is 312 g/mol. The highest BCUT2D eigenvalue weighted by atomic mass is 32.2. The molecular formula is C14H24N4O2S. The van der Waals surface area contributed by atoms with Crippen molar-refractivity contribution in [3.63, 3.8) is 0 Å². The van der Waals surface area contributed by atoms with Crippen molar-refractivity contribution in [2.24, 2.45) is 0 Å². The summed E-state index contributed by atoms with van der Waals surface area (Å²) in [5, 5.41) is 2.98. The molecule has 1 saturated heterocycles. The SMILES string of the molecule is CCNc1ncccc1S(=O)(=O)NCCCN1CCCC1. The molecule has 2 N–H and O–H groups in total. The summed E-state index contributed by atoms with van der Waals surface area (Å²) < 4.78 is 27.3. The molecule has 1 aliphatic rings. The van der Waals surface area contributed by atoms with Crippen LogP contribution in [0.5, 0.6) is 0 Å². The standard InChI is InChI=1S/C14H24N4O2S/c1-2-15-14-13(7-5-8-16-14)21(19,20)17-9-6-12-18-10-3-4-11-18/h5,7-8,17H,2-4,6,9-12H2,1H3,(H,15,16). The van der Waals surface area contributed by atoms with E-state index in [9.17, 15) is 8.42 Å². The zero-order chi connectivity index (χ0) is 15.1. The fourth-order valence-electron chi connectivity index (χ4n) is 2.50. The van der Waals surface area contributed by atoms with Crippen molar-refractivity contribution in [2.75, 3.05) is 38.0 Å². The van der Waals surface area contributed by atoms with E-state index in [0.29, 0.717) is 18.9 Å². The van der Waals surface area contributed by atoms with E-state index in [1.165, 1.54) is 12.8 Å². The van der Waals surface area contributed by atoms with E-state index in [1.54, 1.807) is 18.3 Å². The molecule has 0 radical (unpaired) electrons. The number of anilines is 1. The van der Waals surface area contributed by atoms with Gasteiger partial charge in [-0.2, -0.15) is 0 Å². The number of likely N-dealkylation sites (tertiary alicyclic amines) is 1. The molecule has 1 aromatic rings. The number of pyridine rings is 1. The van der Waals surface area contributed by atoms with E-state index in [4.69, 9.17) is 0 Å². The number of aromatic nitrogens is 1. The van der Waals surface area contributed by atoms with Crippen LogP contribution in [0.1, 0.15) is 26.2 Å². The zero-order valence-corrected chi connectivity index (χ0v) is 13.3. The fourth-order valence-corrected chi connectivity index (χ4v) is 3.71. The van der Waals surface area contributed by atoms with Crippen LogP contribution in [0.25, 0.3) is 0 Å². The second-order valence-corrected chi connectivity index (χ2v) is 6.92. The zero-order valence-electron chi connectivity index (χ0n) is 12.5. The van der Waals surface area contributed by atoms with Gasteiger partial charge in [0.25, 0.3) is 0 Å². The van der Waals surface area contributed by atoms with Gasteiger partial charge in [-0.05, 0) is 58.0 Å². The van der Waals surface area contributed by atoms with Crippen LogP contribution in [0.4, 0.5) is 5.82 Å². The van der Waals surface area contributed by atoms with Crippen molar-refractivity contribution in [1.29, 1.82) is 0 Å². The summed E-state index contributed by atoms with van der Waals surface area (Å²) in [5.74, 6) is 0.409. The molecular weight excluding hydrogens is 288 g/mol. The third-order valence-corrected chi connectivity index (χ3v) is 5.04. The van der Waals surface area contributed by atoms with Crippen LogP contribution < -0.4 is 10.0 Å². The normalized spacial score (nSPS) is 16.2. The van der Waals surface area contributed by atoms with E-state index in [-0.39, 0.29) is 4.90 Å². The molecule has 0 unspecified atom stereocenters. The smallest absolute Gasteiger partial charge is 0.244 e. The first-order valence-corrected chi connectivity index (χ1v) is 9.02. The molecule has 0 saturated carbocycles. The number of nitrogens with zero attached hydrogens (tertiary/aromatic N) is 2. The maximum Gasteiger partial charge on any atom is 0.244 e. The van der Waals surface area contributed by atoms with Gasteiger partial charge in [0.2, 0.25) is 10.0 Å². The van der Waals surface area contributed by atoms with Gasteiger partial charge in [0.05, 0.1) is 0 Å². The van der Waals surface area contributed by atoms with E-state index in [2.05, 4.69) is 19.9 Å². The van der Waals surface area contributed by atoms with E-state index < -0.39 is 10.0 Å². The molecule has 118 valence electrons. The van der Waals surface area contributed by atoms with Crippen molar-refractivity contribution >= 4 is 15.8 Å². The summed E-state index contributed by atoms with van der Waals surface area (Å²) in [4.78, 5) is 6.68. The Bertz CT molecular complexity index is 542. The van der Waals surface area contributed by atoms with Crippen molar-refractivity contribution < 1.29 is 8.42 Å². The predicted molar refractivity (Wildman–Crippen MR) is 83.9 cm³/mol. The molecule has 0 atom stereocenters. The Hall–Kier alpha value is -1.18. The second kappa shape index (κ2) is 7.72. The van der Waals surface area contributed by atoms with Gasteiger partial charge in [-0.1, -0.05) is 0 Å². The van der Waals surface area contributed by atoms with Gasteiger partial charge in [-0.3, -0.25) is 0 Å². The number of hydrogen-bond donors (Lipinski definition) is 2. The minimum Gasteiger partial charge on any atom is -0.369 e. The highest BCUT2D eigenvalue weighted by Crippen LogP contribution is 2.17. The maximum atomic E-state index is 12.3. The van der Waals surface area contributed by atoms with Crippen molar-refractivity contribution in [3.05, 3.63) is 18.3 Å². The minimum atomic E-state index is -3.50. The topological polar surface area (TPSA) is 74.3 Å².